The van der Waals surface area contributed by atoms with Gasteiger partial charge in [0.2, 0.25) is 0 Å². The van der Waals surface area contributed by atoms with E-state index in [2.05, 4.69) is 22.5 Å². The Kier molecular flexibility index (Phi) is 6.69. The summed E-state index contributed by atoms with van der Waals surface area (Å²) in [6.45, 7) is 5.10. The minimum absolute atomic E-state index is 0.296. The molecule has 0 fully saturated rings. The maximum absolute atomic E-state index is 12.9. The highest BCUT2D eigenvalue weighted by Gasteiger charge is 2.01. The van der Waals surface area contributed by atoms with Crippen LogP contribution >= 0.6 is 0 Å². The van der Waals surface area contributed by atoms with Gasteiger partial charge in [0.05, 0.1) is 12.8 Å². The van der Waals surface area contributed by atoms with Gasteiger partial charge in [-0.25, -0.2) is 4.39 Å². The van der Waals surface area contributed by atoms with E-state index in [-0.39, 0.29) is 5.82 Å². The first kappa shape index (κ1) is 14.0. The number of nitrogens with zero attached hydrogens (tertiary/aromatic N) is 1. The first-order valence-corrected chi connectivity index (χ1v) is 5.75. The van der Waals surface area contributed by atoms with Crippen molar-refractivity contribution in [1.29, 1.82) is 0 Å². The van der Waals surface area contributed by atoms with Gasteiger partial charge in [-0.05, 0) is 18.6 Å². The van der Waals surface area contributed by atoms with Crippen LogP contribution in [0.2, 0.25) is 0 Å². The average molecular weight is 241 g/mol. The Bertz CT molecular complexity index is 322. The van der Waals surface area contributed by atoms with Gasteiger partial charge in [-0.3, -0.25) is 4.98 Å². The Balaban J connectivity index is 2.17. The van der Waals surface area contributed by atoms with Gasteiger partial charge in [-0.1, -0.05) is 0 Å². The van der Waals surface area contributed by atoms with Gasteiger partial charge in [0.1, 0.15) is 5.82 Å². The van der Waals surface area contributed by atoms with E-state index < -0.39 is 0 Å². The molecule has 0 radical (unpaired) electrons. The molecule has 1 atom stereocenters. The number of halogens is 1. The lowest BCUT2D eigenvalue weighted by Crippen LogP contribution is -2.37. The van der Waals surface area contributed by atoms with E-state index in [9.17, 15) is 4.39 Å². The third kappa shape index (κ3) is 6.31. The average Bonchev–Trinajstić information content (AvgIpc) is 2.32. The van der Waals surface area contributed by atoms with Crippen LogP contribution in [0.3, 0.4) is 0 Å². The highest BCUT2D eigenvalue weighted by Crippen LogP contribution is 2.00. The molecule has 1 heterocycles. The van der Waals surface area contributed by atoms with Crippen LogP contribution in [0, 0.1) is 5.82 Å². The maximum atomic E-state index is 12.9. The molecule has 0 aliphatic carbocycles. The van der Waals surface area contributed by atoms with Crippen molar-refractivity contribution in [2.75, 3.05) is 26.8 Å². The summed E-state index contributed by atoms with van der Waals surface area (Å²) < 4.78 is 17.8. The van der Waals surface area contributed by atoms with Crippen molar-refractivity contribution >= 4 is 0 Å². The molecule has 0 aromatic carbocycles. The van der Waals surface area contributed by atoms with Crippen LogP contribution in [0.1, 0.15) is 12.5 Å². The summed E-state index contributed by atoms with van der Waals surface area (Å²) >= 11 is 0. The molecule has 0 aliphatic heterocycles. The lowest BCUT2D eigenvalue weighted by atomic mass is 10.2. The predicted molar refractivity (Wildman–Crippen MR) is 65.2 cm³/mol. The number of pyridine rings is 1. The molecule has 0 spiro atoms. The Morgan fingerprint density at radius 1 is 1.47 bits per heavy atom. The Labute approximate surface area is 102 Å². The van der Waals surface area contributed by atoms with Crippen molar-refractivity contribution in [2.45, 2.75) is 19.5 Å². The van der Waals surface area contributed by atoms with Gasteiger partial charge < -0.3 is 15.4 Å². The van der Waals surface area contributed by atoms with Crippen LogP contribution in [0.15, 0.2) is 18.5 Å². The van der Waals surface area contributed by atoms with Gasteiger partial charge in [-0.2, -0.15) is 0 Å². The quantitative estimate of drug-likeness (QED) is 0.665. The SMILES string of the molecule is COCCNCC(C)NCc1cncc(F)c1. The molecule has 0 saturated heterocycles. The number of rotatable bonds is 8. The monoisotopic (exact) mass is 241 g/mol. The molecule has 0 saturated carbocycles. The summed E-state index contributed by atoms with van der Waals surface area (Å²) in [5.74, 6) is -0.296. The minimum atomic E-state index is -0.296. The second kappa shape index (κ2) is 8.11. The molecular weight excluding hydrogens is 221 g/mol. The molecule has 5 heteroatoms. The van der Waals surface area contributed by atoms with Crippen molar-refractivity contribution in [2.24, 2.45) is 0 Å². The maximum Gasteiger partial charge on any atom is 0.141 e. The topological polar surface area (TPSA) is 46.2 Å². The molecule has 1 aromatic rings. The molecule has 0 aliphatic rings. The van der Waals surface area contributed by atoms with Crippen molar-refractivity contribution in [3.63, 3.8) is 0 Å². The van der Waals surface area contributed by atoms with Crippen molar-refractivity contribution in [1.82, 2.24) is 15.6 Å². The van der Waals surface area contributed by atoms with Gasteiger partial charge >= 0.3 is 0 Å². The normalized spacial score (nSPS) is 12.6. The zero-order valence-corrected chi connectivity index (χ0v) is 10.4. The summed E-state index contributed by atoms with van der Waals surface area (Å²) in [6.07, 6.45) is 2.88. The largest absolute Gasteiger partial charge is 0.383 e. The van der Waals surface area contributed by atoms with Gasteiger partial charge in [0.25, 0.3) is 0 Å². The zero-order valence-electron chi connectivity index (χ0n) is 10.4. The summed E-state index contributed by atoms with van der Waals surface area (Å²) in [4.78, 5) is 3.80. The molecule has 0 amide bonds. The van der Waals surface area contributed by atoms with Crippen LogP contribution in [-0.4, -0.2) is 37.8 Å². The smallest absolute Gasteiger partial charge is 0.141 e. The fourth-order valence-corrected chi connectivity index (χ4v) is 1.41. The third-order valence-electron chi connectivity index (χ3n) is 2.35. The molecule has 1 aromatic heterocycles. The number of nitrogens with one attached hydrogen (secondary N) is 2. The lowest BCUT2D eigenvalue weighted by Gasteiger charge is -2.14. The van der Waals surface area contributed by atoms with Gasteiger partial charge in [0.15, 0.2) is 0 Å². The molecule has 2 N–H and O–H groups in total. The highest BCUT2D eigenvalue weighted by atomic mass is 19.1. The first-order valence-electron chi connectivity index (χ1n) is 5.75. The number of ether oxygens (including phenoxy) is 1. The van der Waals surface area contributed by atoms with Crippen molar-refractivity contribution in [3.05, 3.63) is 29.8 Å². The fourth-order valence-electron chi connectivity index (χ4n) is 1.41. The first-order chi connectivity index (χ1) is 8.22. The van der Waals surface area contributed by atoms with Gasteiger partial charge in [0, 0.05) is 39.0 Å². The van der Waals surface area contributed by atoms with E-state index in [1.54, 1.807) is 13.3 Å². The Morgan fingerprint density at radius 3 is 3.00 bits per heavy atom. The molecule has 4 nitrogen and oxygen atoms in total. The van der Waals surface area contributed by atoms with E-state index in [1.807, 2.05) is 0 Å². The third-order valence-corrected chi connectivity index (χ3v) is 2.35. The van der Waals surface area contributed by atoms with Gasteiger partial charge in [-0.15, -0.1) is 0 Å². The number of methoxy groups -OCH3 is 1. The van der Waals surface area contributed by atoms with E-state index in [0.29, 0.717) is 19.2 Å². The molecular formula is C12H20FN3O. The molecule has 17 heavy (non-hydrogen) atoms. The number of hydrogen-bond acceptors (Lipinski definition) is 4. The molecule has 0 bridgehead atoms. The van der Waals surface area contributed by atoms with E-state index in [4.69, 9.17) is 4.74 Å². The summed E-state index contributed by atoms with van der Waals surface area (Å²) in [6, 6.07) is 1.81. The van der Waals surface area contributed by atoms with Crippen molar-refractivity contribution < 1.29 is 9.13 Å². The van der Waals surface area contributed by atoms with E-state index in [0.717, 1.165) is 18.7 Å². The van der Waals surface area contributed by atoms with Crippen LogP contribution in [0.5, 0.6) is 0 Å². The molecule has 1 unspecified atom stereocenters. The number of aromatic nitrogens is 1. The second-order valence-electron chi connectivity index (χ2n) is 3.99. The number of hydrogen-bond donors (Lipinski definition) is 2. The summed E-state index contributed by atoms with van der Waals surface area (Å²) in [5, 5.41) is 6.55. The predicted octanol–water partition coefficient (Wildman–Crippen LogP) is 0.935. The second-order valence-corrected chi connectivity index (χ2v) is 3.99. The zero-order chi connectivity index (χ0) is 12.5. The summed E-state index contributed by atoms with van der Waals surface area (Å²) in [7, 11) is 1.68. The van der Waals surface area contributed by atoms with E-state index in [1.165, 1.54) is 12.3 Å². The highest BCUT2D eigenvalue weighted by molar-refractivity contribution is 5.09. The van der Waals surface area contributed by atoms with Crippen LogP contribution in [0.25, 0.3) is 0 Å². The van der Waals surface area contributed by atoms with E-state index >= 15 is 0 Å². The van der Waals surface area contributed by atoms with Crippen molar-refractivity contribution in [3.8, 4) is 0 Å². The fraction of sp³-hybridized carbons (Fsp3) is 0.583. The Morgan fingerprint density at radius 2 is 2.29 bits per heavy atom. The van der Waals surface area contributed by atoms with Crippen LogP contribution < -0.4 is 10.6 Å². The molecule has 96 valence electrons. The lowest BCUT2D eigenvalue weighted by molar-refractivity contribution is 0.198. The standard InChI is InChI=1S/C12H20FN3O/c1-10(6-14-3-4-17-2)16-8-11-5-12(13)9-15-7-11/h5,7,9-10,14,16H,3-4,6,8H2,1-2H3. The van der Waals surface area contributed by atoms with Crippen LogP contribution in [0.4, 0.5) is 4.39 Å². The van der Waals surface area contributed by atoms with Crippen LogP contribution in [-0.2, 0) is 11.3 Å². The minimum Gasteiger partial charge on any atom is -0.383 e. The Hall–Kier alpha value is -1.04. The summed E-state index contributed by atoms with van der Waals surface area (Å²) in [5.41, 5.74) is 0.855. The molecule has 1 rings (SSSR count).